The van der Waals surface area contributed by atoms with E-state index in [4.69, 9.17) is 0 Å². The van der Waals surface area contributed by atoms with Crippen LogP contribution in [0.3, 0.4) is 0 Å². The average molecular weight is 222 g/mol. The normalized spacial score (nSPS) is 10.1. The van der Waals surface area contributed by atoms with Crippen LogP contribution in [-0.4, -0.2) is 9.78 Å². The van der Waals surface area contributed by atoms with Gasteiger partial charge in [0.2, 0.25) is 0 Å². The topological polar surface area (TPSA) is 17.8 Å². The van der Waals surface area contributed by atoms with E-state index < -0.39 is 0 Å². The Bertz CT molecular complexity index is 368. The van der Waals surface area contributed by atoms with E-state index >= 15 is 0 Å². The Morgan fingerprint density at radius 2 is 2.33 bits per heavy atom. The predicted molar refractivity (Wildman–Crippen MR) is 50.1 cm³/mol. The zero-order chi connectivity index (χ0) is 8.39. The van der Waals surface area contributed by atoms with Crippen molar-refractivity contribution in [1.29, 1.82) is 0 Å². The summed E-state index contributed by atoms with van der Waals surface area (Å²) >= 11 is 3.40. The summed E-state index contributed by atoms with van der Waals surface area (Å²) in [6.07, 6.45) is 4.61. The van der Waals surface area contributed by atoms with Gasteiger partial charge in [-0.05, 0) is 24.3 Å². The Morgan fingerprint density at radius 3 is 3.00 bits per heavy atom. The highest BCUT2D eigenvalue weighted by atomic mass is 79.9. The first-order valence-electron chi connectivity index (χ1n) is 3.54. The summed E-state index contributed by atoms with van der Waals surface area (Å²) in [6, 6.07) is 9.73. The van der Waals surface area contributed by atoms with Crippen molar-refractivity contribution in [2.75, 3.05) is 0 Å². The Kier molecular flexibility index (Phi) is 1.96. The van der Waals surface area contributed by atoms with Gasteiger partial charge in [-0.1, -0.05) is 22.0 Å². The third kappa shape index (κ3) is 1.41. The molecule has 0 saturated heterocycles. The molecule has 0 N–H and O–H groups in total. The first-order valence-corrected chi connectivity index (χ1v) is 4.33. The van der Waals surface area contributed by atoms with E-state index in [-0.39, 0.29) is 0 Å². The van der Waals surface area contributed by atoms with Crippen LogP contribution in [0.5, 0.6) is 0 Å². The van der Waals surface area contributed by atoms with Gasteiger partial charge in [0.15, 0.2) is 0 Å². The molecule has 0 fully saturated rings. The van der Waals surface area contributed by atoms with E-state index in [1.165, 1.54) is 0 Å². The molecule has 0 aliphatic rings. The third-order valence-corrected chi connectivity index (χ3v) is 2.02. The standard InChI is InChI=1S/C9H6BrN2/c10-8-3-1-4-9(7-8)12-6-2-5-11-12/h1-4,6-7H. The minimum Gasteiger partial charge on any atom is -0.240 e. The van der Waals surface area contributed by atoms with Crippen molar-refractivity contribution in [3.8, 4) is 5.69 Å². The quantitative estimate of drug-likeness (QED) is 0.724. The lowest BCUT2D eigenvalue weighted by molar-refractivity contribution is 0.876. The zero-order valence-corrected chi connectivity index (χ0v) is 7.82. The molecular weight excluding hydrogens is 216 g/mol. The number of hydrogen-bond donors (Lipinski definition) is 0. The molecule has 1 aromatic carbocycles. The fourth-order valence-corrected chi connectivity index (χ4v) is 1.38. The summed E-state index contributed by atoms with van der Waals surface area (Å²) in [5, 5.41) is 4.00. The van der Waals surface area contributed by atoms with E-state index in [2.05, 4.69) is 27.2 Å². The summed E-state index contributed by atoms with van der Waals surface area (Å²) in [5.74, 6) is 0. The monoisotopic (exact) mass is 221 g/mol. The molecule has 12 heavy (non-hydrogen) atoms. The fourth-order valence-electron chi connectivity index (χ4n) is 0.995. The second-order valence-electron chi connectivity index (χ2n) is 2.37. The van der Waals surface area contributed by atoms with Crippen molar-refractivity contribution in [2.45, 2.75) is 0 Å². The average Bonchev–Trinajstić information content (AvgIpc) is 2.56. The number of rotatable bonds is 1. The molecule has 2 rings (SSSR count). The smallest absolute Gasteiger partial charge is 0.113 e. The minimum absolute atomic E-state index is 1.03. The van der Waals surface area contributed by atoms with Crippen molar-refractivity contribution in [1.82, 2.24) is 9.78 Å². The number of hydrogen-bond acceptors (Lipinski definition) is 1. The summed E-state index contributed by atoms with van der Waals surface area (Å²) in [7, 11) is 0. The van der Waals surface area contributed by atoms with Crippen LogP contribution in [-0.2, 0) is 0 Å². The molecule has 0 saturated carbocycles. The van der Waals surface area contributed by atoms with Gasteiger partial charge in [-0.2, -0.15) is 5.10 Å². The molecule has 59 valence electrons. The van der Waals surface area contributed by atoms with Crippen LogP contribution in [0, 0.1) is 6.20 Å². The molecule has 1 heterocycles. The molecule has 2 nitrogen and oxygen atoms in total. The lowest BCUT2D eigenvalue weighted by Gasteiger charge is -1.99. The lowest BCUT2D eigenvalue weighted by Crippen LogP contribution is -1.92. The molecule has 1 aromatic heterocycles. The summed E-state index contributed by atoms with van der Waals surface area (Å²) < 4.78 is 2.82. The largest absolute Gasteiger partial charge is 0.240 e. The van der Waals surface area contributed by atoms with Crippen LogP contribution < -0.4 is 0 Å². The van der Waals surface area contributed by atoms with E-state index in [0.29, 0.717) is 0 Å². The van der Waals surface area contributed by atoms with Gasteiger partial charge in [-0.3, -0.25) is 0 Å². The van der Waals surface area contributed by atoms with Crippen LogP contribution in [0.2, 0.25) is 0 Å². The molecule has 1 radical (unpaired) electrons. The molecule has 0 amide bonds. The molecule has 0 bridgehead atoms. The number of aromatic nitrogens is 2. The molecule has 0 atom stereocenters. The van der Waals surface area contributed by atoms with Crippen LogP contribution in [0.25, 0.3) is 5.69 Å². The van der Waals surface area contributed by atoms with Gasteiger partial charge < -0.3 is 0 Å². The van der Waals surface area contributed by atoms with Crippen molar-refractivity contribution in [3.63, 3.8) is 0 Å². The molecule has 0 aliphatic heterocycles. The van der Waals surface area contributed by atoms with Crippen molar-refractivity contribution >= 4 is 15.9 Å². The summed E-state index contributed by atoms with van der Waals surface area (Å²) in [5.41, 5.74) is 1.03. The number of benzene rings is 1. The third-order valence-electron chi connectivity index (χ3n) is 1.53. The zero-order valence-electron chi connectivity index (χ0n) is 6.24. The molecular formula is C9H6BrN2. The maximum Gasteiger partial charge on any atom is 0.113 e. The Hall–Kier alpha value is -1.09. The second kappa shape index (κ2) is 3.11. The van der Waals surface area contributed by atoms with Crippen molar-refractivity contribution in [3.05, 3.63) is 47.2 Å². The lowest BCUT2D eigenvalue weighted by atomic mass is 10.3. The van der Waals surface area contributed by atoms with Gasteiger partial charge in [-0.25, -0.2) is 4.68 Å². The summed E-state index contributed by atoms with van der Waals surface area (Å²) in [4.78, 5) is 0. The SMILES string of the molecule is Brc1cccc(-n2cc[c]n2)c1. The van der Waals surface area contributed by atoms with Gasteiger partial charge in [0.1, 0.15) is 6.20 Å². The molecule has 3 heteroatoms. The van der Waals surface area contributed by atoms with Gasteiger partial charge in [0.25, 0.3) is 0 Å². The first kappa shape index (κ1) is 7.55. The van der Waals surface area contributed by atoms with Crippen LogP contribution >= 0.6 is 15.9 Å². The predicted octanol–water partition coefficient (Wildman–Crippen LogP) is 2.43. The Balaban J connectivity index is 2.48. The Labute approximate surface area is 79.0 Å². The number of halogens is 1. The van der Waals surface area contributed by atoms with E-state index in [1.807, 2.05) is 30.5 Å². The molecule has 2 aromatic rings. The highest BCUT2D eigenvalue weighted by Gasteiger charge is 1.94. The van der Waals surface area contributed by atoms with Crippen LogP contribution in [0.4, 0.5) is 0 Å². The Morgan fingerprint density at radius 1 is 1.42 bits per heavy atom. The summed E-state index contributed by atoms with van der Waals surface area (Å²) in [6.45, 7) is 0. The van der Waals surface area contributed by atoms with Crippen molar-refractivity contribution < 1.29 is 0 Å². The van der Waals surface area contributed by atoms with Crippen LogP contribution in [0.15, 0.2) is 41.0 Å². The maximum absolute atomic E-state index is 4.00. The highest BCUT2D eigenvalue weighted by molar-refractivity contribution is 9.10. The second-order valence-corrected chi connectivity index (χ2v) is 3.28. The van der Waals surface area contributed by atoms with Gasteiger partial charge in [0.05, 0.1) is 5.69 Å². The first-order chi connectivity index (χ1) is 5.86. The number of nitrogens with zero attached hydrogens (tertiary/aromatic N) is 2. The van der Waals surface area contributed by atoms with E-state index in [1.54, 1.807) is 10.7 Å². The van der Waals surface area contributed by atoms with Gasteiger partial charge in [0, 0.05) is 10.7 Å². The fraction of sp³-hybridized carbons (Fsp3) is 0. The maximum atomic E-state index is 4.00. The minimum atomic E-state index is 1.03. The van der Waals surface area contributed by atoms with Crippen LogP contribution in [0.1, 0.15) is 0 Å². The molecule has 0 spiro atoms. The van der Waals surface area contributed by atoms with E-state index in [9.17, 15) is 0 Å². The van der Waals surface area contributed by atoms with Crippen molar-refractivity contribution in [2.24, 2.45) is 0 Å². The van der Waals surface area contributed by atoms with Gasteiger partial charge >= 0.3 is 0 Å². The molecule has 0 aliphatic carbocycles. The van der Waals surface area contributed by atoms with E-state index in [0.717, 1.165) is 10.2 Å². The molecule has 0 unspecified atom stereocenters. The van der Waals surface area contributed by atoms with Gasteiger partial charge in [-0.15, -0.1) is 0 Å². The highest BCUT2D eigenvalue weighted by Crippen LogP contribution is 2.13.